The average molecular weight is 381 g/mol. The van der Waals surface area contributed by atoms with Crippen LogP contribution in [-0.4, -0.2) is 15.3 Å². The van der Waals surface area contributed by atoms with Crippen LogP contribution < -0.4 is 5.32 Å². The van der Waals surface area contributed by atoms with Crippen molar-refractivity contribution in [3.63, 3.8) is 0 Å². The van der Waals surface area contributed by atoms with Crippen molar-refractivity contribution in [3.8, 4) is 11.3 Å². The predicted octanol–water partition coefficient (Wildman–Crippen LogP) is 4.43. The van der Waals surface area contributed by atoms with E-state index in [9.17, 15) is 9.18 Å². The Morgan fingerprint density at radius 1 is 1.33 bits per heavy atom. The van der Waals surface area contributed by atoms with Crippen molar-refractivity contribution in [2.75, 3.05) is 0 Å². The molecule has 136 valence electrons. The van der Waals surface area contributed by atoms with Crippen LogP contribution in [0.1, 0.15) is 16.3 Å². The van der Waals surface area contributed by atoms with E-state index in [0.29, 0.717) is 12.3 Å². The number of hydrogen-bond donors (Lipinski definition) is 1. The normalized spacial score (nSPS) is 11.5. The Balaban J connectivity index is 1.47. The molecule has 4 aromatic rings. The first-order valence-corrected chi connectivity index (χ1v) is 9.14. The highest BCUT2D eigenvalue weighted by Crippen LogP contribution is 2.27. The lowest BCUT2D eigenvalue weighted by molar-refractivity contribution is -0.116. The van der Waals surface area contributed by atoms with E-state index in [2.05, 4.69) is 10.3 Å². The molecule has 1 amide bonds. The SMILES string of the molecule is Cc1c(CNC(=O)/C=C/c2ccco2)sc2nc(-c3ccc(F)cc3)cn12. The van der Waals surface area contributed by atoms with Gasteiger partial charge in [-0.25, -0.2) is 9.37 Å². The molecule has 0 saturated heterocycles. The van der Waals surface area contributed by atoms with Gasteiger partial charge >= 0.3 is 0 Å². The molecule has 3 heterocycles. The number of halogens is 1. The molecule has 0 atom stereocenters. The molecule has 5 nitrogen and oxygen atoms in total. The number of fused-ring (bicyclic) bond motifs is 1. The molecule has 0 radical (unpaired) electrons. The van der Waals surface area contributed by atoms with E-state index < -0.39 is 0 Å². The summed E-state index contributed by atoms with van der Waals surface area (Å²) in [4.78, 5) is 18.4. The van der Waals surface area contributed by atoms with Gasteiger partial charge in [0.05, 0.1) is 18.5 Å². The lowest BCUT2D eigenvalue weighted by Crippen LogP contribution is -2.20. The smallest absolute Gasteiger partial charge is 0.244 e. The summed E-state index contributed by atoms with van der Waals surface area (Å²) in [6, 6.07) is 9.82. The molecule has 1 N–H and O–H groups in total. The summed E-state index contributed by atoms with van der Waals surface area (Å²) in [5, 5.41) is 2.87. The molecule has 7 heteroatoms. The third-order valence-corrected chi connectivity index (χ3v) is 5.31. The summed E-state index contributed by atoms with van der Waals surface area (Å²) in [5.74, 6) is 0.170. The molecule has 0 aliphatic heterocycles. The second-order valence-electron chi connectivity index (χ2n) is 5.96. The van der Waals surface area contributed by atoms with Crippen LogP contribution in [0.15, 0.2) is 59.4 Å². The third-order valence-electron chi connectivity index (χ3n) is 4.16. The summed E-state index contributed by atoms with van der Waals surface area (Å²) in [7, 11) is 0. The van der Waals surface area contributed by atoms with E-state index in [0.717, 1.165) is 26.8 Å². The van der Waals surface area contributed by atoms with E-state index in [-0.39, 0.29) is 11.7 Å². The number of thiazole rings is 1. The van der Waals surface area contributed by atoms with Gasteiger partial charge in [-0.05, 0) is 49.4 Å². The quantitative estimate of drug-likeness (QED) is 0.520. The first-order valence-electron chi connectivity index (χ1n) is 8.33. The van der Waals surface area contributed by atoms with Gasteiger partial charge in [0.1, 0.15) is 11.6 Å². The van der Waals surface area contributed by atoms with Crippen LogP contribution in [0.3, 0.4) is 0 Å². The molecule has 27 heavy (non-hydrogen) atoms. The fourth-order valence-corrected chi connectivity index (χ4v) is 3.73. The Bertz CT molecular complexity index is 1110. The van der Waals surface area contributed by atoms with Crippen LogP contribution in [0.25, 0.3) is 22.3 Å². The molecule has 3 aromatic heterocycles. The monoisotopic (exact) mass is 381 g/mol. The molecular weight excluding hydrogens is 365 g/mol. The van der Waals surface area contributed by atoms with Crippen molar-refractivity contribution in [3.05, 3.63) is 77.1 Å². The molecule has 0 aliphatic rings. The Kier molecular flexibility index (Phi) is 4.60. The van der Waals surface area contributed by atoms with Crippen molar-refractivity contribution >= 4 is 28.3 Å². The Labute approximate surface area is 158 Å². The van der Waals surface area contributed by atoms with E-state index in [1.807, 2.05) is 17.5 Å². The summed E-state index contributed by atoms with van der Waals surface area (Å²) < 4.78 is 20.2. The minimum atomic E-state index is -0.268. The lowest BCUT2D eigenvalue weighted by Gasteiger charge is -2.01. The van der Waals surface area contributed by atoms with Gasteiger partial charge in [-0.15, -0.1) is 0 Å². The van der Waals surface area contributed by atoms with Crippen molar-refractivity contribution in [2.24, 2.45) is 0 Å². The number of furan rings is 1. The van der Waals surface area contributed by atoms with Gasteiger partial charge < -0.3 is 9.73 Å². The number of benzene rings is 1. The number of carbonyl (C=O) groups is 1. The molecule has 0 spiro atoms. The number of imidazole rings is 1. The topological polar surface area (TPSA) is 59.5 Å². The van der Waals surface area contributed by atoms with Gasteiger partial charge in [0.25, 0.3) is 0 Å². The highest BCUT2D eigenvalue weighted by Gasteiger charge is 2.13. The molecule has 0 fully saturated rings. The van der Waals surface area contributed by atoms with E-state index >= 15 is 0 Å². The minimum absolute atomic E-state index is 0.191. The molecule has 0 saturated carbocycles. The maximum absolute atomic E-state index is 13.1. The van der Waals surface area contributed by atoms with Crippen molar-refractivity contribution in [1.29, 1.82) is 0 Å². The predicted molar refractivity (Wildman–Crippen MR) is 103 cm³/mol. The molecule has 4 rings (SSSR count). The van der Waals surface area contributed by atoms with Crippen molar-refractivity contribution in [1.82, 2.24) is 14.7 Å². The standard InChI is InChI=1S/C20H16FN3O2S/c1-13-18(11-22-19(25)9-8-16-3-2-10-26-16)27-20-23-17(12-24(13)20)14-4-6-15(21)7-5-14/h2-10,12H,11H2,1H3,(H,22,25)/b9-8+. The molecule has 0 bridgehead atoms. The van der Waals surface area contributed by atoms with Crippen molar-refractivity contribution in [2.45, 2.75) is 13.5 Å². The number of aryl methyl sites for hydroxylation is 1. The number of aromatic nitrogens is 2. The first-order chi connectivity index (χ1) is 13.1. The number of nitrogens with one attached hydrogen (secondary N) is 1. The van der Waals surface area contributed by atoms with Crippen molar-refractivity contribution < 1.29 is 13.6 Å². The fraction of sp³-hybridized carbons (Fsp3) is 0.100. The summed E-state index contributed by atoms with van der Waals surface area (Å²) in [6.07, 6.45) is 6.55. The zero-order valence-corrected chi connectivity index (χ0v) is 15.3. The average Bonchev–Trinajstić information content (AvgIpc) is 3.38. The maximum atomic E-state index is 13.1. The Hall–Kier alpha value is -3.19. The Morgan fingerprint density at radius 2 is 2.15 bits per heavy atom. The van der Waals surface area contributed by atoms with E-state index in [1.54, 1.807) is 36.6 Å². The summed E-state index contributed by atoms with van der Waals surface area (Å²) >= 11 is 1.52. The Morgan fingerprint density at radius 3 is 2.85 bits per heavy atom. The number of carbonyl (C=O) groups excluding carboxylic acids is 1. The van der Waals surface area contributed by atoms with Crippen LogP contribution in [0.2, 0.25) is 0 Å². The van der Waals surface area contributed by atoms with Gasteiger partial charge in [0.15, 0.2) is 4.96 Å². The first kappa shape index (κ1) is 17.2. The van der Waals surface area contributed by atoms with E-state index in [1.165, 1.54) is 29.5 Å². The van der Waals surface area contributed by atoms with Crippen LogP contribution in [-0.2, 0) is 11.3 Å². The number of hydrogen-bond acceptors (Lipinski definition) is 4. The fourth-order valence-electron chi connectivity index (χ4n) is 2.69. The highest BCUT2D eigenvalue weighted by molar-refractivity contribution is 7.17. The molecule has 0 unspecified atom stereocenters. The summed E-state index contributed by atoms with van der Waals surface area (Å²) in [5.41, 5.74) is 2.68. The second kappa shape index (κ2) is 7.20. The van der Waals surface area contributed by atoms with Crippen LogP contribution in [0.5, 0.6) is 0 Å². The van der Waals surface area contributed by atoms with Gasteiger partial charge in [0, 0.05) is 28.4 Å². The zero-order valence-electron chi connectivity index (χ0n) is 14.5. The second-order valence-corrected chi connectivity index (χ2v) is 7.02. The van der Waals surface area contributed by atoms with Gasteiger partial charge in [-0.1, -0.05) is 11.3 Å². The third kappa shape index (κ3) is 3.68. The molecular formula is C20H16FN3O2S. The number of amides is 1. The lowest BCUT2D eigenvalue weighted by atomic mass is 10.2. The van der Waals surface area contributed by atoms with Gasteiger partial charge in [-0.3, -0.25) is 9.20 Å². The maximum Gasteiger partial charge on any atom is 0.244 e. The van der Waals surface area contributed by atoms with Crippen LogP contribution in [0, 0.1) is 12.7 Å². The van der Waals surface area contributed by atoms with Gasteiger partial charge in [0.2, 0.25) is 5.91 Å². The molecule has 0 aliphatic carbocycles. The zero-order chi connectivity index (χ0) is 18.8. The van der Waals surface area contributed by atoms with Crippen LogP contribution in [0.4, 0.5) is 4.39 Å². The summed E-state index contributed by atoms with van der Waals surface area (Å²) in [6.45, 7) is 2.41. The minimum Gasteiger partial charge on any atom is -0.465 e. The number of rotatable bonds is 5. The largest absolute Gasteiger partial charge is 0.465 e. The van der Waals surface area contributed by atoms with E-state index in [4.69, 9.17) is 4.42 Å². The number of nitrogens with zero attached hydrogens (tertiary/aromatic N) is 2. The highest BCUT2D eigenvalue weighted by atomic mass is 32.1. The molecule has 1 aromatic carbocycles. The van der Waals surface area contributed by atoms with Gasteiger partial charge in [-0.2, -0.15) is 0 Å². The van der Waals surface area contributed by atoms with Crippen LogP contribution >= 0.6 is 11.3 Å².